The topological polar surface area (TPSA) is 59.6 Å². The van der Waals surface area contributed by atoms with Gasteiger partial charge in [0.15, 0.2) is 5.11 Å². The van der Waals surface area contributed by atoms with Crippen molar-refractivity contribution in [2.24, 2.45) is 0 Å². The summed E-state index contributed by atoms with van der Waals surface area (Å²) in [6, 6.07) is 16.9. The second-order valence-corrected chi connectivity index (χ2v) is 5.08. The first kappa shape index (κ1) is 16.8. The molecule has 2 N–H and O–H groups in total. The third-order valence-corrected chi connectivity index (χ3v) is 2.97. The molecule has 5 nitrogen and oxygen atoms in total. The number of amides is 1. The van der Waals surface area contributed by atoms with E-state index in [0.29, 0.717) is 13.2 Å². The molecule has 0 spiro atoms. The van der Waals surface area contributed by atoms with Gasteiger partial charge in [-0.3, -0.25) is 4.79 Å². The van der Waals surface area contributed by atoms with Crippen LogP contribution >= 0.6 is 12.2 Å². The van der Waals surface area contributed by atoms with Gasteiger partial charge >= 0.3 is 0 Å². The predicted octanol–water partition coefficient (Wildman–Crippen LogP) is 2.98. The van der Waals surface area contributed by atoms with Gasteiger partial charge < -0.3 is 20.1 Å². The van der Waals surface area contributed by atoms with Crippen LogP contribution in [0.4, 0.5) is 5.69 Å². The molecule has 0 radical (unpaired) electrons. The molecule has 0 unspecified atom stereocenters. The Bertz CT molecular complexity index is 645. The molecule has 6 heteroatoms. The zero-order valence-corrected chi connectivity index (χ0v) is 13.6. The molecule has 0 heterocycles. The summed E-state index contributed by atoms with van der Waals surface area (Å²) in [7, 11) is 0. The molecule has 0 aliphatic rings. The van der Waals surface area contributed by atoms with Crippen molar-refractivity contribution in [2.45, 2.75) is 6.92 Å². The SMILES string of the molecule is CC(=O)NC(=S)Nc1ccc(OCCOc2ccccc2)cc1. The van der Waals surface area contributed by atoms with Crippen molar-refractivity contribution in [3.8, 4) is 11.5 Å². The van der Waals surface area contributed by atoms with E-state index in [-0.39, 0.29) is 11.0 Å². The van der Waals surface area contributed by atoms with Crippen molar-refractivity contribution in [3.05, 3.63) is 54.6 Å². The third-order valence-electron chi connectivity index (χ3n) is 2.77. The molecule has 0 bridgehead atoms. The van der Waals surface area contributed by atoms with Gasteiger partial charge in [-0.1, -0.05) is 18.2 Å². The van der Waals surface area contributed by atoms with Crippen LogP contribution in [0.1, 0.15) is 6.92 Å². The molecule has 2 rings (SSSR count). The Labute approximate surface area is 140 Å². The molecule has 23 heavy (non-hydrogen) atoms. The highest BCUT2D eigenvalue weighted by Gasteiger charge is 2.00. The smallest absolute Gasteiger partial charge is 0.222 e. The highest BCUT2D eigenvalue weighted by Crippen LogP contribution is 2.16. The second kappa shape index (κ2) is 8.75. The molecule has 0 aromatic heterocycles. The van der Waals surface area contributed by atoms with E-state index in [9.17, 15) is 4.79 Å². The lowest BCUT2D eigenvalue weighted by Gasteiger charge is -2.10. The van der Waals surface area contributed by atoms with Gasteiger partial charge in [-0.2, -0.15) is 0 Å². The summed E-state index contributed by atoms with van der Waals surface area (Å²) < 4.78 is 11.1. The number of benzene rings is 2. The first-order valence-corrected chi connectivity index (χ1v) is 7.53. The van der Waals surface area contributed by atoms with Gasteiger partial charge in [-0.25, -0.2) is 0 Å². The number of hydrogen-bond donors (Lipinski definition) is 2. The minimum Gasteiger partial charge on any atom is -0.490 e. The number of anilines is 1. The summed E-state index contributed by atoms with van der Waals surface area (Å²) in [5, 5.41) is 5.67. The Morgan fingerprint density at radius 3 is 2.09 bits per heavy atom. The maximum Gasteiger partial charge on any atom is 0.222 e. The largest absolute Gasteiger partial charge is 0.490 e. The lowest BCUT2D eigenvalue weighted by atomic mass is 10.3. The van der Waals surface area contributed by atoms with Crippen LogP contribution in [0.15, 0.2) is 54.6 Å². The third kappa shape index (κ3) is 6.36. The number of hydrogen-bond acceptors (Lipinski definition) is 4. The van der Waals surface area contributed by atoms with Crippen LogP contribution in [0.2, 0.25) is 0 Å². The number of nitrogens with one attached hydrogen (secondary N) is 2. The van der Waals surface area contributed by atoms with Crippen molar-refractivity contribution >= 4 is 28.9 Å². The minimum absolute atomic E-state index is 0.208. The summed E-state index contributed by atoms with van der Waals surface area (Å²) in [6.07, 6.45) is 0. The summed E-state index contributed by atoms with van der Waals surface area (Å²) in [4.78, 5) is 10.9. The highest BCUT2D eigenvalue weighted by atomic mass is 32.1. The van der Waals surface area contributed by atoms with Crippen molar-refractivity contribution in [1.82, 2.24) is 5.32 Å². The summed E-state index contributed by atoms with van der Waals surface area (Å²) in [5.74, 6) is 1.35. The van der Waals surface area contributed by atoms with Crippen LogP contribution in [-0.4, -0.2) is 24.2 Å². The molecule has 0 fully saturated rings. The number of rotatable bonds is 6. The molecule has 0 aliphatic carbocycles. The van der Waals surface area contributed by atoms with Gasteiger partial charge in [0.2, 0.25) is 5.91 Å². The van der Waals surface area contributed by atoms with Crippen LogP contribution < -0.4 is 20.1 Å². The molecule has 2 aromatic rings. The summed E-state index contributed by atoms with van der Waals surface area (Å²) in [5.41, 5.74) is 0.775. The Morgan fingerprint density at radius 2 is 1.52 bits per heavy atom. The van der Waals surface area contributed by atoms with Gasteiger partial charge in [-0.15, -0.1) is 0 Å². The number of para-hydroxylation sites is 1. The van der Waals surface area contributed by atoms with E-state index in [1.54, 1.807) is 0 Å². The van der Waals surface area contributed by atoms with E-state index in [4.69, 9.17) is 21.7 Å². The molecule has 0 saturated carbocycles. The van der Waals surface area contributed by atoms with Crippen LogP contribution in [-0.2, 0) is 4.79 Å². The van der Waals surface area contributed by atoms with E-state index in [1.807, 2.05) is 54.6 Å². The fourth-order valence-corrected chi connectivity index (χ4v) is 2.05. The average molecular weight is 330 g/mol. The van der Waals surface area contributed by atoms with E-state index in [1.165, 1.54) is 6.92 Å². The molecular weight excluding hydrogens is 312 g/mol. The van der Waals surface area contributed by atoms with E-state index in [0.717, 1.165) is 17.2 Å². The molecular formula is C17H18N2O3S. The van der Waals surface area contributed by atoms with Crippen LogP contribution in [0, 0.1) is 0 Å². The van der Waals surface area contributed by atoms with Crippen molar-refractivity contribution in [1.29, 1.82) is 0 Å². The number of thiocarbonyl (C=S) groups is 1. The quantitative estimate of drug-likeness (QED) is 0.630. The molecule has 0 aliphatic heterocycles. The summed E-state index contributed by atoms with van der Waals surface area (Å²) in [6.45, 7) is 2.32. The lowest BCUT2D eigenvalue weighted by molar-refractivity contribution is -0.117. The monoisotopic (exact) mass is 330 g/mol. The van der Waals surface area contributed by atoms with Crippen LogP contribution in [0.5, 0.6) is 11.5 Å². The van der Waals surface area contributed by atoms with E-state index < -0.39 is 0 Å². The Balaban J connectivity index is 1.72. The zero-order chi connectivity index (χ0) is 16.5. The van der Waals surface area contributed by atoms with Crippen LogP contribution in [0.3, 0.4) is 0 Å². The van der Waals surface area contributed by atoms with Gasteiger partial charge in [-0.05, 0) is 48.6 Å². The van der Waals surface area contributed by atoms with Gasteiger partial charge in [0.1, 0.15) is 24.7 Å². The molecule has 1 amide bonds. The van der Waals surface area contributed by atoms with Crippen molar-refractivity contribution in [2.75, 3.05) is 18.5 Å². The maximum atomic E-state index is 10.9. The Morgan fingerprint density at radius 1 is 0.957 bits per heavy atom. The number of carbonyl (C=O) groups is 1. The van der Waals surface area contributed by atoms with Gasteiger partial charge in [0.25, 0.3) is 0 Å². The van der Waals surface area contributed by atoms with Gasteiger partial charge in [0, 0.05) is 12.6 Å². The van der Waals surface area contributed by atoms with Crippen LogP contribution in [0.25, 0.3) is 0 Å². The number of ether oxygens (including phenoxy) is 2. The zero-order valence-electron chi connectivity index (χ0n) is 12.7. The minimum atomic E-state index is -0.208. The number of carbonyl (C=O) groups excluding carboxylic acids is 1. The average Bonchev–Trinajstić information content (AvgIpc) is 2.53. The summed E-state index contributed by atoms with van der Waals surface area (Å²) >= 11 is 4.99. The molecule has 2 aromatic carbocycles. The first-order valence-electron chi connectivity index (χ1n) is 7.13. The van der Waals surface area contributed by atoms with Gasteiger partial charge in [0.05, 0.1) is 0 Å². The van der Waals surface area contributed by atoms with Crippen molar-refractivity contribution < 1.29 is 14.3 Å². The standard InChI is InChI=1S/C17H18N2O3S/c1-13(20)18-17(23)19-14-7-9-16(10-8-14)22-12-11-21-15-5-3-2-4-6-15/h2-10H,11-12H2,1H3,(H2,18,19,20,23). The second-order valence-electron chi connectivity index (χ2n) is 4.67. The fraction of sp³-hybridized carbons (Fsp3) is 0.176. The van der Waals surface area contributed by atoms with Crippen molar-refractivity contribution in [3.63, 3.8) is 0 Å². The molecule has 0 atom stereocenters. The lowest BCUT2D eigenvalue weighted by Crippen LogP contribution is -2.32. The van der Waals surface area contributed by atoms with E-state index in [2.05, 4.69) is 10.6 Å². The predicted molar refractivity (Wildman–Crippen MR) is 93.9 cm³/mol. The Kier molecular flexibility index (Phi) is 6.38. The molecule has 120 valence electrons. The highest BCUT2D eigenvalue weighted by molar-refractivity contribution is 7.80. The Hall–Kier alpha value is -2.60. The molecule has 0 saturated heterocycles. The first-order chi connectivity index (χ1) is 11.1. The van der Waals surface area contributed by atoms with E-state index >= 15 is 0 Å². The maximum absolute atomic E-state index is 10.9. The fourth-order valence-electron chi connectivity index (χ4n) is 1.79. The normalized spacial score (nSPS) is 9.78.